The van der Waals surface area contributed by atoms with Crippen LogP contribution in [-0.2, 0) is 5.54 Å². The van der Waals surface area contributed by atoms with Gasteiger partial charge in [0.1, 0.15) is 0 Å². The fourth-order valence-corrected chi connectivity index (χ4v) is 3.08. The van der Waals surface area contributed by atoms with Crippen molar-refractivity contribution >= 4 is 21.6 Å². The minimum atomic E-state index is -0.0218. The highest BCUT2D eigenvalue weighted by molar-refractivity contribution is 9.10. The van der Waals surface area contributed by atoms with E-state index in [1.165, 1.54) is 41.7 Å². The van der Waals surface area contributed by atoms with Gasteiger partial charge in [0.2, 0.25) is 0 Å². The molecule has 1 aromatic carbocycles. The Labute approximate surface area is 105 Å². The van der Waals surface area contributed by atoms with E-state index < -0.39 is 0 Å². The molecule has 2 fully saturated rings. The average Bonchev–Trinajstić information content (AvgIpc) is 2.82. The second-order valence-corrected chi connectivity index (χ2v) is 5.87. The molecule has 0 atom stereocenters. The highest BCUT2D eigenvalue weighted by Crippen LogP contribution is 2.44. The normalized spacial score (nSPS) is 22.5. The van der Waals surface area contributed by atoms with Crippen LogP contribution in [0, 0.1) is 0 Å². The monoisotopic (exact) mass is 280 g/mol. The van der Waals surface area contributed by atoms with Crippen LogP contribution in [-0.4, -0.2) is 13.1 Å². The number of benzene rings is 1. The third kappa shape index (κ3) is 1.76. The van der Waals surface area contributed by atoms with E-state index in [0.29, 0.717) is 0 Å². The van der Waals surface area contributed by atoms with Crippen LogP contribution in [0.3, 0.4) is 0 Å². The summed E-state index contributed by atoms with van der Waals surface area (Å²) < 4.78 is 1.20. The van der Waals surface area contributed by atoms with E-state index in [1.807, 2.05) is 0 Å². The molecule has 16 heavy (non-hydrogen) atoms. The van der Waals surface area contributed by atoms with E-state index in [2.05, 4.69) is 39.0 Å². The van der Waals surface area contributed by atoms with Crippen molar-refractivity contribution in [2.75, 3.05) is 18.0 Å². The summed E-state index contributed by atoms with van der Waals surface area (Å²) in [6.45, 7) is 2.37. The van der Waals surface area contributed by atoms with Crippen LogP contribution in [0.25, 0.3) is 0 Å². The van der Waals surface area contributed by atoms with Gasteiger partial charge in [-0.2, -0.15) is 0 Å². The van der Waals surface area contributed by atoms with E-state index in [9.17, 15) is 0 Å². The zero-order chi connectivity index (χ0) is 11.2. The summed E-state index contributed by atoms with van der Waals surface area (Å²) in [6.07, 6.45) is 4.88. The van der Waals surface area contributed by atoms with E-state index >= 15 is 0 Å². The Morgan fingerprint density at radius 3 is 2.44 bits per heavy atom. The Hall–Kier alpha value is -0.540. The van der Waals surface area contributed by atoms with Gasteiger partial charge in [-0.15, -0.1) is 0 Å². The number of nitrogens with zero attached hydrogens (tertiary/aromatic N) is 1. The second-order valence-electron chi connectivity index (χ2n) is 5.02. The molecule has 0 radical (unpaired) electrons. The zero-order valence-corrected chi connectivity index (χ0v) is 11.0. The summed E-state index contributed by atoms with van der Waals surface area (Å²) in [4.78, 5) is 2.45. The number of nitrogens with two attached hydrogens (primary N) is 1. The first-order chi connectivity index (χ1) is 7.69. The van der Waals surface area contributed by atoms with Crippen molar-refractivity contribution < 1.29 is 0 Å². The summed E-state index contributed by atoms with van der Waals surface area (Å²) >= 11 is 3.68. The van der Waals surface area contributed by atoms with Gasteiger partial charge in [-0.25, -0.2) is 0 Å². The van der Waals surface area contributed by atoms with Crippen LogP contribution >= 0.6 is 15.9 Å². The SMILES string of the molecule is NC1(c2ccc(N3CCCC3)c(Br)c2)CC1. The fraction of sp³-hybridized carbons (Fsp3) is 0.538. The molecule has 0 amide bonds. The molecule has 3 heteroatoms. The maximum absolute atomic E-state index is 6.21. The molecule has 0 bridgehead atoms. The summed E-state index contributed by atoms with van der Waals surface area (Å²) in [5, 5.41) is 0. The molecule has 0 unspecified atom stereocenters. The molecular weight excluding hydrogens is 264 g/mol. The third-order valence-electron chi connectivity index (χ3n) is 3.76. The molecule has 2 nitrogen and oxygen atoms in total. The molecule has 0 aromatic heterocycles. The lowest BCUT2D eigenvalue weighted by molar-refractivity contribution is 0.739. The first-order valence-electron chi connectivity index (χ1n) is 6.03. The number of halogens is 1. The van der Waals surface area contributed by atoms with Crippen LogP contribution in [0.5, 0.6) is 0 Å². The largest absolute Gasteiger partial charge is 0.371 e. The lowest BCUT2D eigenvalue weighted by Gasteiger charge is -2.21. The maximum atomic E-state index is 6.21. The van der Waals surface area contributed by atoms with Gasteiger partial charge < -0.3 is 10.6 Å². The molecule has 1 heterocycles. The third-order valence-corrected chi connectivity index (χ3v) is 4.39. The van der Waals surface area contributed by atoms with Crippen molar-refractivity contribution in [3.8, 4) is 0 Å². The van der Waals surface area contributed by atoms with Gasteiger partial charge in [-0.3, -0.25) is 0 Å². The Morgan fingerprint density at radius 2 is 1.88 bits per heavy atom. The lowest BCUT2D eigenvalue weighted by Crippen LogP contribution is -2.21. The number of hydrogen-bond acceptors (Lipinski definition) is 2. The second kappa shape index (κ2) is 3.74. The molecule has 1 aromatic rings. The van der Waals surface area contributed by atoms with Gasteiger partial charge in [-0.05, 0) is 59.3 Å². The van der Waals surface area contributed by atoms with E-state index in [1.54, 1.807) is 0 Å². The highest BCUT2D eigenvalue weighted by Gasteiger charge is 2.40. The summed E-state index contributed by atoms with van der Waals surface area (Å²) in [7, 11) is 0. The quantitative estimate of drug-likeness (QED) is 0.903. The standard InChI is InChI=1S/C13H17BrN2/c14-11-9-10(13(15)5-6-13)3-4-12(11)16-7-1-2-8-16/h3-4,9H,1-2,5-8,15H2. The number of anilines is 1. The lowest BCUT2D eigenvalue weighted by atomic mass is 10.1. The predicted octanol–water partition coefficient (Wildman–Crippen LogP) is 3.00. The van der Waals surface area contributed by atoms with Gasteiger partial charge in [0.15, 0.2) is 0 Å². The molecule has 86 valence electrons. The van der Waals surface area contributed by atoms with Crippen LogP contribution in [0.15, 0.2) is 22.7 Å². The number of hydrogen-bond donors (Lipinski definition) is 1. The first kappa shape index (κ1) is 10.6. The Kier molecular flexibility index (Phi) is 2.48. The zero-order valence-electron chi connectivity index (χ0n) is 9.38. The molecule has 3 rings (SSSR count). The Bertz CT molecular complexity index is 406. The van der Waals surface area contributed by atoms with Gasteiger partial charge in [-0.1, -0.05) is 6.07 Å². The van der Waals surface area contributed by atoms with Crippen molar-refractivity contribution in [1.82, 2.24) is 0 Å². The molecule has 1 saturated carbocycles. The molecule has 2 aliphatic rings. The van der Waals surface area contributed by atoms with Gasteiger partial charge in [0.05, 0.1) is 5.69 Å². The van der Waals surface area contributed by atoms with Crippen molar-refractivity contribution in [3.05, 3.63) is 28.2 Å². The molecule has 1 aliphatic carbocycles. The predicted molar refractivity (Wildman–Crippen MR) is 70.7 cm³/mol. The van der Waals surface area contributed by atoms with Gasteiger partial charge in [0, 0.05) is 23.1 Å². The molecular formula is C13H17BrN2. The minimum absolute atomic E-state index is 0.0218. The van der Waals surface area contributed by atoms with Gasteiger partial charge in [0.25, 0.3) is 0 Å². The topological polar surface area (TPSA) is 29.3 Å². The molecule has 0 spiro atoms. The van der Waals surface area contributed by atoms with Crippen molar-refractivity contribution in [1.29, 1.82) is 0 Å². The Morgan fingerprint density at radius 1 is 1.19 bits per heavy atom. The highest BCUT2D eigenvalue weighted by atomic mass is 79.9. The van der Waals surface area contributed by atoms with E-state index in [4.69, 9.17) is 5.73 Å². The summed E-state index contributed by atoms with van der Waals surface area (Å²) in [5.41, 5.74) is 8.79. The molecule has 1 aliphatic heterocycles. The average molecular weight is 281 g/mol. The maximum Gasteiger partial charge on any atom is 0.0510 e. The van der Waals surface area contributed by atoms with Crippen LogP contribution in [0.1, 0.15) is 31.2 Å². The van der Waals surface area contributed by atoms with E-state index in [0.717, 1.165) is 12.8 Å². The van der Waals surface area contributed by atoms with Crippen molar-refractivity contribution in [2.24, 2.45) is 5.73 Å². The van der Waals surface area contributed by atoms with Crippen LogP contribution in [0.4, 0.5) is 5.69 Å². The van der Waals surface area contributed by atoms with Crippen LogP contribution in [0.2, 0.25) is 0 Å². The summed E-state index contributed by atoms with van der Waals surface area (Å²) in [5.74, 6) is 0. The minimum Gasteiger partial charge on any atom is -0.371 e. The number of rotatable bonds is 2. The fourth-order valence-electron chi connectivity index (χ4n) is 2.45. The van der Waals surface area contributed by atoms with Crippen molar-refractivity contribution in [2.45, 2.75) is 31.2 Å². The molecule has 1 saturated heterocycles. The summed E-state index contributed by atoms with van der Waals surface area (Å²) in [6, 6.07) is 6.63. The first-order valence-corrected chi connectivity index (χ1v) is 6.82. The Balaban J connectivity index is 1.90. The molecule has 2 N–H and O–H groups in total. The van der Waals surface area contributed by atoms with Crippen LogP contribution < -0.4 is 10.6 Å². The van der Waals surface area contributed by atoms with Gasteiger partial charge >= 0.3 is 0 Å². The van der Waals surface area contributed by atoms with E-state index in [-0.39, 0.29) is 5.54 Å². The van der Waals surface area contributed by atoms with Crippen molar-refractivity contribution in [3.63, 3.8) is 0 Å². The smallest absolute Gasteiger partial charge is 0.0510 e.